The van der Waals surface area contributed by atoms with Gasteiger partial charge in [0, 0.05) is 29.7 Å². The van der Waals surface area contributed by atoms with E-state index in [0.29, 0.717) is 11.5 Å². The fraction of sp³-hybridized carbons (Fsp3) is 0.389. The van der Waals surface area contributed by atoms with Gasteiger partial charge < -0.3 is 9.30 Å². The van der Waals surface area contributed by atoms with Crippen molar-refractivity contribution < 1.29 is 9.53 Å². The number of carbonyl (C=O) groups excluding carboxylic acids is 1. The normalized spacial score (nSPS) is 16.6. The number of esters is 1. The first-order valence-electron chi connectivity index (χ1n) is 7.55. The van der Waals surface area contributed by atoms with E-state index in [1.807, 2.05) is 25.4 Å². The van der Waals surface area contributed by atoms with Crippen molar-refractivity contribution >= 4 is 22.4 Å². The molecule has 21 heavy (non-hydrogen) atoms. The highest BCUT2D eigenvalue weighted by Crippen LogP contribution is 2.32. The summed E-state index contributed by atoms with van der Waals surface area (Å²) in [5.74, 6) is 0.260. The molecule has 1 saturated carbocycles. The van der Waals surface area contributed by atoms with Gasteiger partial charge >= 0.3 is 5.97 Å². The number of ether oxygens (including phenoxy) is 1. The molecule has 0 aliphatic heterocycles. The summed E-state index contributed by atoms with van der Waals surface area (Å²) in [5.41, 5.74) is 2.82. The van der Waals surface area contributed by atoms with Gasteiger partial charge in [-0.1, -0.05) is 37.1 Å². The van der Waals surface area contributed by atoms with E-state index >= 15 is 0 Å². The second-order valence-corrected chi connectivity index (χ2v) is 5.79. The van der Waals surface area contributed by atoms with Crippen LogP contribution in [0.1, 0.15) is 31.2 Å². The molecule has 0 atom stereocenters. The van der Waals surface area contributed by atoms with Crippen molar-refractivity contribution in [2.24, 2.45) is 13.0 Å². The van der Waals surface area contributed by atoms with Gasteiger partial charge in [-0.25, -0.2) is 4.79 Å². The highest BCUT2D eigenvalue weighted by molar-refractivity contribution is 6.20. The van der Waals surface area contributed by atoms with Gasteiger partial charge in [0.05, 0.1) is 12.7 Å². The standard InChI is InChI=1S/C18H21NO2/c1-19-12-16(14-9-5-6-10-17(14)19)15(18(20)21-2)11-13-7-3-4-8-13/h5-6,9-13H,3-4,7-8H2,1-2H3. The summed E-state index contributed by atoms with van der Waals surface area (Å²) >= 11 is 0. The van der Waals surface area contributed by atoms with Gasteiger partial charge in [-0.15, -0.1) is 0 Å². The summed E-state index contributed by atoms with van der Waals surface area (Å²) < 4.78 is 7.08. The van der Waals surface area contributed by atoms with Crippen molar-refractivity contribution in [1.29, 1.82) is 0 Å². The first-order chi connectivity index (χ1) is 10.2. The molecule has 3 rings (SSSR count). The van der Waals surface area contributed by atoms with Crippen LogP contribution in [-0.2, 0) is 16.6 Å². The van der Waals surface area contributed by atoms with Crippen molar-refractivity contribution in [2.75, 3.05) is 7.11 Å². The zero-order chi connectivity index (χ0) is 14.8. The third kappa shape index (κ3) is 2.60. The fourth-order valence-electron chi connectivity index (χ4n) is 3.29. The van der Waals surface area contributed by atoms with Crippen molar-refractivity contribution in [2.45, 2.75) is 25.7 Å². The van der Waals surface area contributed by atoms with E-state index in [4.69, 9.17) is 4.74 Å². The molecule has 0 saturated heterocycles. The lowest BCUT2D eigenvalue weighted by Gasteiger charge is -2.08. The molecule has 3 heteroatoms. The number of benzene rings is 1. The van der Waals surface area contributed by atoms with Crippen molar-refractivity contribution in [1.82, 2.24) is 4.57 Å². The molecule has 0 amide bonds. The van der Waals surface area contributed by atoms with E-state index in [-0.39, 0.29) is 5.97 Å². The molecule has 3 nitrogen and oxygen atoms in total. The van der Waals surface area contributed by atoms with Crippen LogP contribution in [0.5, 0.6) is 0 Å². The summed E-state index contributed by atoms with van der Waals surface area (Å²) in [6.07, 6.45) is 9.01. The van der Waals surface area contributed by atoms with Crippen LogP contribution in [-0.4, -0.2) is 17.6 Å². The number of hydrogen-bond donors (Lipinski definition) is 0. The Hall–Kier alpha value is -2.03. The summed E-state index contributed by atoms with van der Waals surface area (Å²) in [4.78, 5) is 12.3. The summed E-state index contributed by atoms with van der Waals surface area (Å²) in [6.45, 7) is 0. The van der Waals surface area contributed by atoms with E-state index in [2.05, 4.69) is 22.8 Å². The molecule has 0 spiro atoms. The zero-order valence-corrected chi connectivity index (χ0v) is 12.6. The van der Waals surface area contributed by atoms with Crippen LogP contribution < -0.4 is 0 Å². The van der Waals surface area contributed by atoms with Crippen LogP contribution >= 0.6 is 0 Å². The highest BCUT2D eigenvalue weighted by Gasteiger charge is 2.21. The number of para-hydroxylation sites is 1. The molecule has 1 aliphatic carbocycles. The van der Waals surface area contributed by atoms with Crippen molar-refractivity contribution in [3.8, 4) is 0 Å². The third-order valence-corrected chi connectivity index (χ3v) is 4.39. The Morgan fingerprint density at radius 1 is 1.29 bits per heavy atom. The summed E-state index contributed by atoms with van der Waals surface area (Å²) in [6, 6.07) is 8.17. The number of hydrogen-bond acceptors (Lipinski definition) is 2. The van der Waals surface area contributed by atoms with Gasteiger partial charge in [0.25, 0.3) is 0 Å². The maximum Gasteiger partial charge on any atom is 0.338 e. The average molecular weight is 283 g/mol. The molecule has 1 aliphatic rings. The molecule has 0 bridgehead atoms. The molecule has 110 valence electrons. The maximum atomic E-state index is 12.3. The molecule has 0 N–H and O–H groups in total. The van der Waals surface area contributed by atoms with E-state index in [0.717, 1.165) is 16.5 Å². The quantitative estimate of drug-likeness (QED) is 0.631. The molecule has 1 aromatic carbocycles. The van der Waals surface area contributed by atoms with Crippen LogP contribution in [0.3, 0.4) is 0 Å². The van der Waals surface area contributed by atoms with Gasteiger partial charge in [-0.2, -0.15) is 0 Å². The predicted molar refractivity (Wildman–Crippen MR) is 84.9 cm³/mol. The number of allylic oxidation sites excluding steroid dienone is 1. The van der Waals surface area contributed by atoms with Gasteiger partial charge in [0.2, 0.25) is 0 Å². The molecular weight excluding hydrogens is 262 g/mol. The molecule has 1 heterocycles. The van der Waals surface area contributed by atoms with Crippen LogP contribution in [0, 0.1) is 5.92 Å². The predicted octanol–water partition coefficient (Wildman–Crippen LogP) is 3.92. The number of aromatic nitrogens is 1. The lowest BCUT2D eigenvalue weighted by Crippen LogP contribution is -2.05. The second-order valence-electron chi connectivity index (χ2n) is 5.79. The summed E-state index contributed by atoms with van der Waals surface area (Å²) in [7, 11) is 3.46. The molecule has 1 fully saturated rings. The Labute approximate surface area is 125 Å². The van der Waals surface area contributed by atoms with E-state index in [1.165, 1.54) is 32.8 Å². The van der Waals surface area contributed by atoms with Gasteiger partial charge in [0.15, 0.2) is 0 Å². The Morgan fingerprint density at radius 3 is 2.71 bits per heavy atom. The second kappa shape index (κ2) is 5.76. The zero-order valence-electron chi connectivity index (χ0n) is 12.6. The molecule has 0 radical (unpaired) electrons. The van der Waals surface area contributed by atoms with E-state index in [1.54, 1.807) is 0 Å². The van der Waals surface area contributed by atoms with Crippen LogP contribution in [0.4, 0.5) is 0 Å². The molecular formula is C18H21NO2. The summed E-state index contributed by atoms with van der Waals surface area (Å²) in [5, 5.41) is 1.11. The topological polar surface area (TPSA) is 31.2 Å². The molecule has 2 aromatic rings. The minimum Gasteiger partial charge on any atom is -0.465 e. The maximum absolute atomic E-state index is 12.3. The van der Waals surface area contributed by atoms with E-state index < -0.39 is 0 Å². The lowest BCUT2D eigenvalue weighted by atomic mass is 9.98. The number of carbonyl (C=O) groups is 1. The van der Waals surface area contributed by atoms with Gasteiger partial charge in [-0.3, -0.25) is 0 Å². The minimum absolute atomic E-state index is 0.238. The van der Waals surface area contributed by atoms with Crippen LogP contribution in [0.2, 0.25) is 0 Å². The number of methoxy groups -OCH3 is 1. The van der Waals surface area contributed by atoms with Crippen LogP contribution in [0.15, 0.2) is 36.5 Å². The largest absolute Gasteiger partial charge is 0.465 e. The monoisotopic (exact) mass is 283 g/mol. The number of aryl methyl sites for hydroxylation is 1. The average Bonchev–Trinajstić information content (AvgIpc) is 3.13. The smallest absolute Gasteiger partial charge is 0.338 e. The van der Waals surface area contributed by atoms with Crippen molar-refractivity contribution in [3.05, 3.63) is 42.1 Å². The Morgan fingerprint density at radius 2 is 2.00 bits per heavy atom. The van der Waals surface area contributed by atoms with Gasteiger partial charge in [-0.05, 0) is 24.8 Å². The number of nitrogens with zero attached hydrogens (tertiary/aromatic N) is 1. The Kier molecular flexibility index (Phi) is 3.82. The molecule has 1 aromatic heterocycles. The van der Waals surface area contributed by atoms with E-state index in [9.17, 15) is 4.79 Å². The highest BCUT2D eigenvalue weighted by atomic mass is 16.5. The Balaban J connectivity index is 2.12. The van der Waals surface area contributed by atoms with Crippen LogP contribution in [0.25, 0.3) is 16.5 Å². The Bertz CT molecular complexity index is 690. The number of rotatable bonds is 3. The first-order valence-corrected chi connectivity index (χ1v) is 7.55. The van der Waals surface area contributed by atoms with Crippen molar-refractivity contribution in [3.63, 3.8) is 0 Å². The SMILES string of the molecule is COC(=O)C(=CC1CCCC1)c1cn(C)c2ccccc12. The number of fused-ring (bicyclic) bond motifs is 1. The molecule has 0 unspecified atom stereocenters. The van der Waals surface area contributed by atoms with Gasteiger partial charge in [0.1, 0.15) is 0 Å². The minimum atomic E-state index is -0.238. The lowest BCUT2D eigenvalue weighted by molar-refractivity contribution is -0.133. The first kappa shape index (κ1) is 13.9. The fourth-order valence-corrected chi connectivity index (χ4v) is 3.29. The third-order valence-electron chi connectivity index (χ3n) is 4.39.